The van der Waals surface area contributed by atoms with Crippen molar-refractivity contribution in [2.75, 3.05) is 20.4 Å². The number of hydrogen-bond donors (Lipinski definition) is 1. The molecule has 0 amide bonds. The molecule has 1 unspecified atom stereocenters. The third-order valence-electron chi connectivity index (χ3n) is 2.48. The molecule has 0 heterocycles. The highest BCUT2D eigenvalue weighted by molar-refractivity contribution is 5.65. The first-order valence-electron chi connectivity index (χ1n) is 5.70. The van der Waals surface area contributed by atoms with Crippen molar-refractivity contribution in [2.45, 2.75) is 19.9 Å². The van der Waals surface area contributed by atoms with E-state index in [2.05, 4.69) is 0 Å². The van der Waals surface area contributed by atoms with Crippen LogP contribution in [0, 0.1) is 6.92 Å². The zero-order valence-corrected chi connectivity index (χ0v) is 10.9. The lowest BCUT2D eigenvalue weighted by Crippen LogP contribution is -2.34. The van der Waals surface area contributed by atoms with Crippen LogP contribution in [0.5, 0.6) is 0 Å². The lowest BCUT2D eigenvalue weighted by Gasteiger charge is -2.27. The van der Waals surface area contributed by atoms with Crippen LogP contribution in [0.4, 0.5) is 0 Å². The van der Waals surface area contributed by atoms with Gasteiger partial charge in [0.2, 0.25) is 0 Å². The number of hydroxylamine groups is 2. The van der Waals surface area contributed by atoms with Gasteiger partial charge in [-0.1, -0.05) is 29.8 Å². The van der Waals surface area contributed by atoms with Crippen molar-refractivity contribution < 1.29 is 19.5 Å². The van der Waals surface area contributed by atoms with Crippen molar-refractivity contribution in [3.63, 3.8) is 0 Å². The Balaban J connectivity index is 2.89. The number of nitrogens with zero attached hydrogens (tertiary/aromatic N) is 1. The third kappa shape index (κ3) is 4.10. The number of carbonyl (C=O) groups excluding carboxylic acids is 1. The summed E-state index contributed by atoms with van der Waals surface area (Å²) in [4.78, 5) is 16.1. The fourth-order valence-corrected chi connectivity index (χ4v) is 1.62. The molecule has 18 heavy (non-hydrogen) atoms. The second kappa shape index (κ2) is 7.10. The summed E-state index contributed by atoms with van der Waals surface area (Å²) in [6, 6.07) is 7.23. The van der Waals surface area contributed by atoms with E-state index in [1.165, 1.54) is 19.1 Å². The molecule has 5 heteroatoms. The van der Waals surface area contributed by atoms with Crippen molar-refractivity contribution in [1.29, 1.82) is 0 Å². The first-order valence-corrected chi connectivity index (χ1v) is 5.70. The summed E-state index contributed by atoms with van der Waals surface area (Å²) in [6.07, 6.45) is 0. The molecule has 0 bridgehead atoms. The summed E-state index contributed by atoms with van der Waals surface area (Å²) in [7, 11) is 1.50. The van der Waals surface area contributed by atoms with E-state index in [4.69, 9.17) is 9.57 Å². The number of aliphatic hydroxyl groups excluding tert-OH is 1. The number of rotatable bonds is 6. The molecule has 1 rings (SSSR count). The quantitative estimate of drug-likeness (QED) is 0.613. The maximum absolute atomic E-state index is 11.0. The minimum Gasteiger partial charge on any atom is -0.394 e. The second-order valence-corrected chi connectivity index (χ2v) is 4.03. The Morgan fingerprint density at radius 2 is 2.00 bits per heavy atom. The SMILES string of the molecule is COCN(OC(C)=O)C(CO)c1ccc(C)cc1. The van der Waals surface area contributed by atoms with E-state index in [1.54, 1.807) is 0 Å². The third-order valence-corrected chi connectivity index (χ3v) is 2.48. The molecule has 0 saturated carbocycles. The number of aliphatic hydroxyl groups is 1. The summed E-state index contributed by atoms with van der Waals surface area (Å²) in [5.74, 6) is -0.447. The van der Waals surface area contributed by atoms with Gasteiger partial charge in [0.15, 0.2) is 0 Å². The molecule has 1 aromatic rings. The fourth-order valence-electron chi connectivity index (χ4n) is 1.62. The average Bonchev–Trinajstić information content (AvgIpc) is 2.32. The van der Waals surface area contributed by atoms with E-state index in [0.717, 1.165) is 11.1 Å². The maximum atomic E-state index is 11.0. The fraction of sp³-hybridized carbons (Fsp3) is 0.462. The van der Waals surface area contributed by atoms with Crippen molar-refractivity contribution >= 4 is 5.97 Å². The van der Waals surface area contributed by atoms with Gasteiger partial charge in [0.1, 0.15) is 6.73 Å². The highest BCUT2D eigenvalue weighted by Crippen LogP contribution is 2.21. The maximum Gasteiger partial charge on any atom is 0.322 e. The largest absolute Gasteiger partial charge is 0.394 e. The van der Waals surface area contributed by atoms with Crippen LogP contribution in [0.2, 0.25) is 0 Å². The Hall–Kier alpha value is -1.43. The Bertz CT molecular complexity index is 377. The van der Waals surface area contributed by atoms with Gasteiger partial charge in [0.25, 0.3) is 0 Å². The second-order valence-electron chi connectivity index (χ2n) is 4.03. The molecule has 100 valence electrons. The van der Waals surface area contributed by atoms with Crippen LogP contribution in [0.25, 0.3) is 0 Å². The number of methoxy groups -OCH3 is 1. The topological polar surface area (TPSA) is 59.0 Å². The van der Waals surface area contributed by atoms with E-state index in [0.29, 0.717) is 0 Å². The lowest BCUT2D eigenvalue weighted by molar-refractivity contribution is -0.228. The summed E-state index contributed by atoms with van der Waals surface area (Å²) in [5.41, 5.74) is 1.99. The van der Waals surface area contributed by atoms with Crippen molar-refractivity contribution in [2.24, 2.45) is 0 Å². The van der Waals surface area contributed by atoms with Crippen molar-refractivity contribution in [3.8, 4) is 0 Å². The zero-order valence-electron chi connectivity index (χ0n) is 10.9. The van der Waals surface area contributed by atoms with E-state index in [9.17, 15) is 9.90 Å². The molecular formula is C13H19NO4. The summed E-state index contributed by atoms with van der Waals surface area (Å²) in [6.45, 7) is 3.22. The van der Waals surface area contributed by atoms with Gasteiger partial charge >= 0.3 is 5.97 Å². The predicted molar refractivity (Wildman–Crippen MR) is 66.5 cm³/mol. The van der Waals surface area contributed by atoms with Gasteiger partial charge in [-0.2, -0.15) is 0 Å². The summed E-state index contributed by atoms with van der Waals surface area (Å²) >= 11 is 0. The standard InChI is InChI=1S/C13H19NO4/c1-10-4-6-12(7-5-10)13(8-15)14(9-17-3)18-11(2)16/h4-7,13,15H,8-9H2,1-3H3. The van der Waals surface area contributed by atoms with Crippen LogP contribution in [-0.4, -0.2) is 36.6 Å². The molecule has 5 nitrogen and oxygen atoms in total. The first kappa shape index (κ1) is 14.6. The molecule has 0 aliphatic heterocycles. The zero-order chi connectivity index (χ0) is 13.5. The first-order chi connectivity index (χ1) is 8.58. The molecule has 0 saturated heterocycles. The monoisotopic (exact) mass is 253 g/mol. The number of hydrogen-bond acceptors (Lipinski definition) is 5. The van der Waals surface area contributed by atoms with Gasteiger partial charge < -0.3 is 14.7 Å². The average molecular weight is 253 g/mol. The highest BCUT2D eigenvalue weighted by Gasteiger charge is 2.22. The minimum atomic E-state index is -0.447. The molecule has 0 aliphatic carbocycles. The van der Waals surface area contributed by atoms with Gasteiger partial charge in [-0.05, 0) is 12.5 Å². The molecule has 0 fully saturated rings. The van der Waals surface area contributed by atoms with Gasteiger partial charge in [-0.15, -0.1) is 5.06 Å². The van der Waals surface area contributed by atoms with E-state index >= 15 is 0 Å². The van der Waals surface area contributed by atoms with E-state index in [-0.39, 0.29) is 13.3 Å². The molecule has 0 aliphatic rings. The van der Waals surface area contributed by atoms with Crippen LogP contribution in [0.15, 0.2) is 24.3 Å². The van der Waals surface area contributed by atoms with Crippen LogP contribution in [-0.2, 0) is 14.4 Å². The van der Waals surface area contributed by atoms with Crippen LogP contribution in [0.3, 0.4) is 0 Å². The molecule has 0 aromatic heterocycles. The summed E-state index contributed by atoms with van der Waals surface area (Å²) in [5, 5.41) is 10.8. The Labute approximate surface area is 107 Å². The Morgan fingerprint density at radius 1 is 1.39 bits per heavy atom. The number of ether oxygens (including phenoxy) is 1. The molecule has 0 radical (unpaired) electrons. The van der Waals surface area contributed by atoms with Crippen LogP contribution < -0.4 is 0 Å². The number of carbonyl (C=O) groups is 1. The molecular weight excluding hydrogens is 234 g/mol. The molecule has 0 spiro atoms. The normalized spacial score (nSPS) is 12.5. The highest BCUT2D eigenvalue weighted by atomic mass is 16.7. The van der Waals surface area contributed by atoms with E-state index in [1.807, 2.05) is 31.2 Å². The number of aryl methyl sites for hydroxylation is 1. The minimum absolute atomic E-state index is 0.0959. The Morgan fingerprint density at radius 3 is 2.44 bits per heavy atom. The molecule has 1 aromatic carbocycles. The van der Waals surface area contributed by atoms with Gasteiger partial charge in [0, 0.05) is 14.0 Å². The van der Waals surface area contributed by atoms with Crippen molar-refractivity contribution in [3.05, 3.63) is 35.4 Å². The number of benzene rings is 1. The molecule has 1 atom stereocenters. The van der Waals surface area contributed by atoms with Crippen LogP contribution >= 0.6 is 0 Å². The van der Waals surface area contributed by atoms with Gasteiger partial charge in [-0.3, -0.25) is 4.79 Å². The smallest absolute Gasteiger partial charge is 0.322 e. The lowest BCUT2D eigenvalue weighted by atomic mass is 10.1. The van der Waals surface area contributed by atoms with Gasteiger partial charge in [0.05, 0.1) is 12.6 Å². The van der Waals surface area contributed by atoms with Gasteiger partial charge in [-0.25, -0.2) is 0 Å². The van der Waals surface area contributed by atoms with Crippen molar-refractivity contribution in [1.82, 2.24) is 5.06 Å². The summed E-state index contributed by atoms with van der Waals surface area (Å²) < 4.78 is 4.97. The molecule has 1 N–H and O–H groups in total. The predicted octanol–water partition coefficient (Wildman–Crippen LogP) is 1.41. The van der Waals surface area contributed by atoms with Crippen LogP contribution in [0.1, 0.15) is 24.1 Å². The Kier molecular flexibility index (Phi) is 5.77. The van der Waals surface area contributed by atoms with E-state index < -0.39 is 12.0 Å².